The van der Waals surface area contributed by atoms with Gasteiger partial charge in [-0.1, -0.05) is 12.1 Å². The largest absolute Gasteiger partial charge is 0.383 e. The Bertz CT molecular complexity index is 301. The highest BCUT2D eigenvalue weighted by Crippen LogP contribution is 2.13. The number of amides is 1. The molecule has 70 valence electrons. The minimum absolute atomic E-state index is 0.433. The van der Waals surface area contributed by atoms with E-state index in [1.165, 1.54) is 0 Å². The van der Waals surface area contributed by atoms with Gasteiger partial charge in [-0.2, -0.15) is 0 Å². The van der Waals surface area contributed by atoms with Crippen molar-refractivity contribution in [1.82, 2.24) is 0 Å². The van der Waals surface area contributed by atoms with Crippen LogP contribution < -0.4 is 11.1 Å². The molecule has 3 N–H and O–H groups in total. The molecule has 0 spiro atoms. The molecule has 0 aliphatic heterocycles. The summed E-state index contributed by atoms with van der Waals surface area (Å²) in [7, 11) is 0. The molecule has 13 heavy (non-hydrogen) atoms. The maximum Gasteiger partial charge on any atom is 0.250 e. The number of carbonyl (C=O) groups excluding carboxylic acids is 1. The number of nitrogens with one attached hydrogen (secondary N) is 1. The average Bonchev–Trinajstić information content (AvgIpc) is 2.15. The van der Waals surface area contributed by atoms with E-state index in [9.17, 15) is 4.79 Å². The zero-order chi connectivity index (χ0) is 9.68. The number of carbonyl (C=O) groups is 1. The van der Waals surface area contributed by atoms with E-state index < -0.39 is 5.91 Å². The van der Waals surface area contributed by atoms with Crippen LogP contribution in [0.4, 0.5) is 5.69 Å². The number of nitrogens with two attached hydrogens (primary N) is 1. The number of primary amides is 1. The van der Waals surface area contributed by atoms with Gasteiger partial charge in [-0.05, 0) is 12.1 Å². The Morgan fingerprint density at radius 1 is 1.46 bits per heavy atom. The number of benzene rings is 1. The maximum absolute atomic E-state index is 10.9. The molecule has 3 nitrogen and oxygen atoms in total. The first-order chi connectivity index (χ1) is 6.25. The van der Waals surface area contributed by atoms with Gasteiger partial charge in [0.2, 0.25) is 0 Å². The minimum atomic E-state index is -0.433. The van der Waals surface area contributed by atoms with Crippen LogP contribution >= 0.6 is 11.6 Å². The molecule has 0 saturated heterocycles. The molecule has 0 bridgehead atoms. The highest BCUT2D eigenvalue weighted by atomic mass is 35.5. The van der Waals surface area contributed by atoms with Crippen molar-refractivity contribution in [3.63, 3.8) is 0 Å². The Kier molecular flexibility index (Phi) is 3.58. The number of alkyl halides is 1. The van der Waals surface area contributed by atoms with Crippen molar-refractivity contribution in [1.29, 1.82) is 0 Å². The van der Waals surface area contributed by atoms with E-state index in [4.69, 9.17) is 17.3 Å². The summed E-state index contributed by atoms with van der Waals surface area (Å²) in [5.41, 5.74) is 6.40. The first-order valence-electron chi connectivity index (χ1n) is 3.94. The Labute approximate surface area is 81.9 Å². The summed E-state index contributed by atoms with van der Waals surface area (Å²) in [6, 6.07) is 7.08. The third kappa shape index (κ3) is 2.63. The van der Waals surface area contributed by atoms with Crippen molar-refractivity contribution in [2.45, 2.75) is 0 Å². The Balaban J connectivity index is 2.84. The van der Waals surface area contributed by atoms with Gasteiger partial charge >= 0.3 is 0 Å². The van der Waals surface area contributed by atoms with Gasteiger partial charge in [0, 0.05) is 18.1 Å². The van der Waals surface area contributed by atoms with Crippen LogP contribution in [0.2, 0.25) is 0 Å². The van der Waals surface area contributed by atoms with Crippen molar-refractivity contribution in [2.24, 2.45) is 5.73 Å². The summed E-state index contributed by atoms with van der Waals surface area (Å²) in [6.45, 7) is 0.617. The molecule has 0 fully saturated rings. The molecule has 4 heteroatoms. The van der Waals surface area contributed by atoms with E-state index in [0.29, 0.717) is 18.0 Å². The lowest BCUT2D eigenvalue weighted by atomic mass is 10.1. The molecule has 0 radical (unpaired) electrons. The first-order valence-corrected chi connectivity index (χ1v) is 4.48. The molecule has 0 aromatic heterocycles. The van der Waals surface area contributed by atoms with E-state index >= 15 is 0 Å². The third-order valence-electron chi connectivity index (χ3n) is 1.60. The number of hydrogen-bond donors (Lipinski definition) is 2. The Morgan fingerprint density at radius 2 is 2.15 bits per heavy atom. The van der Waals surface area contributed by atoms with Crippen LogP contribution in [0.5, 0.6) is 0 Å². The van der Waals surface area contributed by atoms with Crippen molar-refractivity contribution < 1.29 is 4.79 Å². The van der Waals surface area contributed by atoms with E-state index in [1.54, 1.807) is 18.2 Å². The SMILES string of the molecule is NC(=O)c1ccccc1NCCCl. The maximum atomic E-state index is 10.9. The molecule has 0 aliphatic carbocycles. The Hall–Kier alpha value is -1.22. The van der Waals surface area contributed by atoms with Crippen LogP contribution in [-0.4, -0.2) is 18.3 Å². The Morgan fingerprint density at radius 3 is 2.77 bits per heavy atom. The molecule has 1 amide bonds. The summed E-state index contributed by atoms with van der Waals surface area (Å²) in [5.74, 6) is 0.0604. The predicted octanol–water partition coefficient (Wildman–Crippen LogP) is 1.44. The second-order valence-electron chi connectivity index (χ2n) is 2.53. The fourth-order valence-electron chi connectivity index (χ4n) is 1.03. The second-order valence-corrected chi connectivity index (χ2v) is 2.90. The summed E-state index contributed by atoms with van der Waals surface area (Å²) in [5, 5.41) is 3.01. The van der Waals surface area contributed by atoms with Crippen molar-refractivity contribution in [3.05, 3.63) is 29.8 Å². The molecule has 0 atom stereocenters. The monoisotopic (exact) mass is 198 g/mol. The topological polar surface area (TPSA) is 55.1 Å². The quantitative estimate of drug-likeness (QED) is 0.720. The molecule has 0 unspecified atom stereocenters. The normalized spacial score (nSPS) is 9.62. The fourth-order valence-corrected chi connectivity index (χ4v) is 1.13. The van der Waals surface area contributed by atoms with Crippen LogP contribution in [0.3, 0.4) is 0 Å². The van der Waals surface area contributed by atoms with Crippen molar-refractivity contribution in [3.8, 4) is 0 Å². The first kappa shape index (κ1) is 9.86. The van der Waals surface area contributed by atoms with Gasteiger partial charge in [0.05, 0.1) is 5.56 Å². The lowest BCUT2D eigenvalue weighted by Crippen LogP contribution is -2.15. The molecule has 0 saturated carbocycles. The van der Waals surface area contributed by atoms with Gasteiger partial charge in [0.25, 0.3) is 5.91 Å². The van der Waals surface area contributed by atoms with Gasteiger partial charge in [-0.25, -0.2) is 0 Å². The lowest BCUT2D eigenvalue weighted by molar-refractivity contribution is 0.100. The van der Waals surface area contributed by atoms with Crippen molar-refractivity contribution in [2.75, 3.05) is 17.7 Å². The molecule has 1 rings (SSSR count). The van der Waals surface area contributed by atoms with Gasteiger partial charge in [0.15, 0.2) is 0 Å². The van der Waals surface area contributed by atoms with Gasteiger partial charge < -0.3 is 11.1 Å². The predicted molar refractivity (Wildman–Crippen MR) is 54.2 cm³/mol. The zero-order valence-corrected chi connectivity index (χ0v) is 7.84. The standard InChI is InChI=1S/C9H11ClN2O/c10-5-6-12-8-4-2-1-3-7(8)9(11)13/h1-4,12H,5-6H2,(H2,11,13). The van der Waals surface area contributed by atoms with Crippen LogP contribution in [0.1, 0.15) is 10.4 Å². The molecular formula is C9H11ClN2O. The second kappa shape index (κ2) is 4.72. The number of para-hydroxylation sites is 1. The number of rotatable bonds is 4. The van der Waals surface area contributed by atoms with E-state index in [2.05, 4.69) is 5.32 Å². The molecule has 0 aliphatic rings. The third-order valence-corrected chi connectivity index (χ3v) is 1.79. The van der Waals surface area contributed by atoms with Crippen LogP contribution in [0, 0.1) is 0 Å². The number of hydrogen-bond acceptors (Lipinski definition) is 2. The number of anilines is 1. The van der Waals surface area contributed by atoms with Crippen LogP contribution in [0.15, 0.2) is 24.3 Å². The summed E-state index contributed by atoms with van der Waals surface area (Å²) in [4.78, 5) is 10.9. The van der Waals surface area contributed by atoms with E-state index in [1.807, 2.05) is 6.07 Å². The number of halogens is 1. The van der Waals surface area contributed by atoms with Gasteiger partial charge in [-0.3, -0.25) is 4.79 Å². The summed E-state index contributed by atoms with van der Waals surface area (Å²) in [6.07, 6.45) is 0. The summed E-state index contributed by atoms with van der Waals surface area (Å²) >= 11 is 5.50. The molecule has 1 aromatic carbocycles. The molecular weight excluding hydrogens is 188 g/mol. The van der Waals surface area contributed by atoms with Gasteiger partial charge in [0.1, 0.15) is 0 Å². The van der Waals surface area contributed by atoms with Crippen LogP contribution in [-0.2, 0) is 0 Å². The highest BCUT2D eigenvalue weighted by Gasteiger charge is 2.05. The average molecular weight is 199 g/mol. The van der Waals surface area contributed by atoms with E-state index in [0.717, 1.165) is 5.69 Å². The molecule has 1 aromatic rings. The van der Waals surface area contributed by atoms with E-state index in [-0.39, 0.29) is 0 Å². The zero-order valence-electron chi connectivity index (χ0n) is 7.09. The minimum Gasteiger partial charge on any atom is -0.383 e. The summed E-state index contributed by atoms with van der Waals surface area (Å²) < 4.78 is 0. The smallest absolute Gasteiger partial charge is 0.250 e. The molecule has 0 heterocycles. The fraction of sp³-hybridized carbons (Fsp3) is 0.222. The van der Waals surface area contributed by atoms with Crippen molar-refractivity contribution >= 4 is 23.2 Å². The van der Waals surface area contributed by atoms with Crippen LogP contribution in [0.25, 0.3) is 0 Å². The highest BCUT2D eigenvalue weighted by molar-refractivity contribution is 6.18. The van der Waals surface area contributed by atoms with Gasteiger partial charge in [-0.15, -0.1) is 11.6 Å². The lowest BCUT2D eigenvalue weighted by Gasteiger charge is -2.07.